The Morgan fingerprint density at radius 1 is 0.875 bits per heavy atom. The Hall–Kier alpha value is -2.23. The van der Waals surface area contributed by atoms with Crippen molar-refractivity contribution in [3.05, 3.63) is 54.3 Å². The van der Waals surface area contributed by atoms with Crippen LogP contribution >= 0.6 is 0 Å². The minimum atomic E-state index is -0.318. The van der Waals surface area contributed by atoms with Crippen LogP contribution in [-0.4, -0.2) is 5.11 Å². The summed E-state index contributed by atoms with van der Waals surface area (Å²) in [5.74, 6) is -0.255. The first kappa shape index (κ1) is 10.3. The van der Waals surface area contributed by atoms with Gasteiger partial charge < -0.3 is 5.11 Å². The standard InChI is InChI=1S/C12H9FN2O/c13-9-5-7-10(8-6-9)14-15-11-3-1-2-4-12(11)16/h1-8,16H. The van der Waals surface area contributed by atoms with Gasteiger partial charge in [-0.3, -0.25) is 0 Å². The number of hydrogen-bond donors (Lipinski definition) is 1. The third-order valence-electron chi connectivity index (χ3n) is 1.98. The van der Waals surface area contributed by atoms with Crippen LogP contribution in [0.3, 0.4) is 0 Å². The van der Waals surface area contributed by atoms with E-state index in [1.54, 1.807) is 18.2 Å². The highest BCUT2D eigenvalue weighted by molar-refractivity contribution is 5.50. The average Bonchev–Trinajstić information content (AvgIpc) is 2.30. The predicted octanol–water partition coefficient (Wildman–Crippen LogP) is 3.95. The SMILES string of the molecule is Oc1ccccc1N=Nc1ccc(F)cc1. The number of nitrogens with zero attached hydrogens (tertiary/aromatic N) is 2. The molecule has 0 unspecified atom stereocenters. The van der Waals surface area contributed by atoms with E-state index in [9.17, 15) is 9.50 Å². The van der Waals surface area contributed by atoms with E-state index in [1.807, 2.05) is 0 Å². The Morgan fingerprint density at radius 3 is 2.25 bits per heavy atom. The first-order valence-electron chi connectivity index (χ1n) is 4.71. The number of rotatable bonds is 2. The number of hydrogen-bond acceptors (Lipinski definition) is 3. The third-order valence-corrected chi connectivity index (χ3v) is 1.98. The summed E-state index contributed by atoms with van der Waals surface area (Å²) < 4.78 is 12.6. The Balaban J connectivity index is 2.21. The first-order valence-corrected chi connectivity index (χ1v) is 4.71. The van der Waals surface area contributed by atoms with Crippen LogP contribution in [0, 0.1) is 5.82 Å². The lowest BCUT2D eigenvalue weighted by molar-refractivity contribution is 0.476. The molecule has 0 spiro atoms. The molecule has 0 aliphatic heterocycles. The molecule has 2 aromatic rings. The van der Waals surface area contributed by atoms with Gasteiger partial charge in [0, 0.05) is 0 Å². The molecule has 0 amide bonds. The third kappa shape index (κ3) is 2.42. The molecule has 0 atom stereocenters. The van der Waals surface area contributed by atoms with E-state index in [2.05, 4.69) is 10.2 Å². The molecule has 2 rings (SSSR count). The van der Waals surface area contributed by atoms with Gasteiger partial charge in [-0.05, 0) is 36.4 Å². The van der Waals surface area contributed by atoms with Crippen molar-refractivity contribution in [1.82, 2.24) is 0 Å². The van der Waals surface area contributed by atoms with Crippen LogP contribution in [0.2, 0.25) is 0 Å². The zero-order valence-corrected chi connectivity index (χ0v) is 8.34. The summed E-state index contributed by atoms with van der Waals surface area (Å²) in [5.41, 5.74) is 0.913. The number of phenols is 1. The molecule has 0 aromatic heterocycles. The van der Waals surface area contributed by atoms with Crippen LogP contribution in [0.25, 0.3) is 0 Å². The second kappa shape index (κ2) is 4.53. The lowest BCUT2D eigenvalue weighted by Crippen LogP contribution is -1.69. The monoisotopic (exact) mass is 216 g/mol. The molecular formula is C12H9FN2O. The van der Waals surface area contributed by atoms with Crippen LogP contribution in [0.5, 0.6) is 5.75 Å². The van der Waals surface area contributed by atoms with Crippen molar-refractivity contribution in [2.45, 2.75) is 0 Å². The lowest BCUT2D eigenvalue weighted by Gasteiger charge is -1.95. The van der Waals surface area contributed by atoms with Crippen LogP contribution in [0.15, 0.2) is 58.8 Å². The molecule has 0 radical (unpaired) electrons. The van der Waals surface area contributed by atoms with Crippen LogP contribution in [-0.2, 0) is 0 Å². The van der Waals surface area contributed by atoms with E-state index in [-0.39, 0.29) is 11.6 Å². The summed E-state index contributed by atoms with van der Waals surface area (Å²) >= 11 is 0. The van der Waals surface area contributed by atoms with Crippen molar-refractivity contribution < 1.29 is 9.50 Å². The molecule has 0 saturated carbocycles. The summed E-state index contributed by atoms with van der Waals surface area (Å²) in [7, 11) is 0. The Morgan fingerprint density at radius 2 is 1.56 bits per heavy atom. The van der Waals surface area contributed by atoms with Gasteiger partial charge in [0.1, 0.15) is 17.3 Å². The number of benzene rings is 2. The Bertz CT molecular complexity index is 509. The fourth-order valence-electron chi connectivity index (χ4n) is 1.17. The van der Waals surface area contributed by atoms with Crippen molar-refractivity contribution in [2.75, 3.05) is 0 Å². The number of aromatic hydroxyl groups is 1. The zero-order valence-electron chi connectivity index (χ0n) is 8.34. The summed E-state index contributed by atoms with van der Waals surface area (Å²) in [6, 6.07) is 12.3. The largest absolute Gasteiger partial charge is 0.506 e. The molecule has 0 saturated heterocycles. The van der Waals surface area contributed by atoms with Crippen LogP contribution in [0.4, 0.5) is 15.8 Å². The van der Waals surface area contributed by atoms with Gasteiger partial charge in [0.25, 0.3) is 0 Å². The highest BCUT2D eigenvalue weighted by Gasteiger charge is 1.96. The molecule has 3 nitrogen and oxygen atoms in total. The molecule has 0 aliphatic carbocycles. The van der Waals surface area contributed by atoms with Gasteiger partial charge in [0.2, 0.25) is 0 Å². The maximum Gasteiger partial charge on any atom is 0.143 e. The number of phenolic OH excluding ortho intramolecular Hbond substituents is 1. The van der Waals surface area contributed by atoms with Gasteiger partial charge in [-0.2, -0.15) is 5.11 Å². The number of azo groups is 1. The zero-order chi connectivity index (χ0) is 11.4. The van der Waals surface area contributed by atoms with Crippen LogP contribution in [0.1, 0.15) is 0 Å². The van der Waals surface area contributed by atoms with Gasteiger partial charge in [0.15, 0.2) is 0 Å². The van der Waals surface area contributed by atoms with E-state index >= 15 is 0 Å². The van der Waals surface area contributed by atoms with Gasteiger partial charge >= 0.3 is 0 Å². The van der Waals surface area contributed by atoms with E-state index in [4.69, 9.17) is 0 Å². The minimum absolute atomic E-state index is 0.0633. The normalized spacial score (nSPS) is 10.8. The van der Waals surface area contributed by atoms with Crippen molar-refractivity contribution in [3.8, 4) is 5.75 Å². The quantitative estimate of drug-likeness (QED) is 0.759. The smallest absolute Gasteiger partial charge is 0.143 e. The first-order chi connectivity index (χ1) is 7.75. The van der Waals surface area contributed by atoms with E-state index in [1.165, 1.54) is 30.3 Å². The predicted molar refractivity (Wildman–Crippen MR) is 58.7 cm³/mol. The van der Waals surface area contributed by atoms with Gasteiger partial charge in [-0.15, -0.1) is 5.11 Å². The maximum absolute atomic E-state index is 12.6. The molecule has 16 heavy (non-hydrogen) atoms. The summed E-state index contributed by atoms with van der Waals surface area (Å²) in [6.45, 7) is 0. The second-order valence-electron chi connectivity index (χ2n) is 3.17. The molecule has 0 heterocycles. The molecule has 1 N–H and O–H groups in total. The number of para-hydroxylation sites is 1. The lowest BCUT2D eigenvalue weighted by atomic mass is 10.3. The Kier molecular flexibility index (Phi) is 2.91. The van der Waals surface area contributed by atoms with Gasteiger partial charge in [-0.1, -0.05) is 12.1 Å². The van der Waals surface area contributed by atoms with E-state index in [0.717, 1.165) is 0 Å². The van der Waals surface area contributed by atoms with Gasteiger partial charge in [0.05, 0.1) is 5.69 Å². The molecule has 4 heteroatoms. The molecule has 0 fully saturated rings. The van der Waals surface area contributed by atoms with Crippen molar-refractivity contribution in [2.24, 2.45) is 10.2 Å². The van der Waals surface area contributed by atoms with Crippen molar-refractivity contribution >= 4 is 11.4 Å². The highest BCUT2D eigenvalue weighted by atomic mass is 19.1. The number of halogens is 1. The van der Waals surface area contributed by atoms with Crippen LogP contribution < -0.4 is 0 Å². The summed E-state index contributed by atoms with van der Waals surface area (Å²) in [6.07, 6.45) is 0. The highest BCUT2D eigenvalue weighted by Crippen LogP contribution is 2.26. The minimum Gasteiger partial charge on any atom is -0.506 e. The topological polar surface area (TPSA) is 45.0 Å². The second-order valence-corrected chi connectivity index (χ2v) is 3.17. The maximum atomic E-state index is 12.6. The fourth-order valence-corrected chi connectivity index (χ4v) is 1.17. The summed E-state index contributed by atoms with van der Waals surface area (Å²) in [5, 5.41) is 17.2. The summed E-state index contributed by atoms with van der Waals surface area (Å²) in [4.78, 5) is 0. The van der Waals surface area contributed by atoms with Gasteiger partial charge in [-0.25, -0.2) is 4.39 Å². The fraction of sp³-hybridized carbons (Fsp3) is 0. The van der Waals surface area contributed by atoms with E-state index in [0.29, 0.717) is 11.4 Å². The molecule has 0 aliphatic rings. The molecule has 2 aromatic carbocycles. The average molecular weight is 216 g/mol. The molecular weight excluding hydrogens is 207 g/mol. The molecule has 80 valence electrons. The van der Waals surface area contributed by atoms with E-state index < -0.39 is 0 Å². The Labute approximate surface area is 91.9 Å². The van der Waals surface area contributed by atoms with Crippen molar-refractivity contribution in [3.63, 3.8) is 0 Å². The van der Waals surface area contributed by atoms with Crippen molar-refractivity contribution in [1.29, 1.82) is 0 Å². The molecule has 0 bridgehead atoms.